The number of carbonyl (C=O) groups is 2. The molecule has 0 radical (unpaired) electrons. The Bertz CT molecular complexity index is 978. The van der Waals surface area contributed by atoms with Crippen LogP contribution in [0.5, 0.6) is 11.5 Å². The zero-order chi connectivity index (χ0) is 22.1. The Hall–Kier alpha value is -2.32. The van der Waals surface area contributed by atoms with Crippen molar-refractivity contribution >= 4 is 27.6 Å². The summed E-state index contributed by atoms with van der Waals surface area (Å²) in [7, 11) is 3.16. The second kappa shape index (κ2) is 9.04. The number of methoxy groups -OCH3 is 2. The maximum Gasteiger partial charge on any atom is 0.252 e. The van der Waals surface area contributed by atoms with Gasteiger partial charge in [-0.1, -0.05) is 15.9 Å². The van der Waals surface area contributed by atoms with Gasteiger partial charge < -0.3 is 24.4 Å². The summed E-state index contributed by atoms with van der Waals surface area (Å²) in [4.78, 5) is 28.6. The predicted octanol–water partition coefficient (Wildman–Crippen LogP) is 3.29. The zero-order valence-electron chi connectivity index (χ0n) is 18.0. The number of allylic oxidation sites excluding steroid dienone is 3. The number of amides is 1. The molecule has 1 saturated heterocycles. The number of hydrogen-bond donors (Lipinski definition) is 1. The van der Waals surface area contributed by atoms with Gasteiger partial charge in [0.05, 0.1) is 27.4 Å². The van der Waals surface area contributed by atoms with E-state index in [1.54, 1.807) is 14.2 Å². The summed E-state index contributed by atoms with van der Waals surface area (Å²) < 4.78 is 17.2. The second-order valence-corrected chi connectivity index (χ2v) is 8.75. The van der Waals surface area contributed by atoms with Crippen LogP contribution in [0.15, 0.2) is 39.1 Å². The quantitative estimate of drug-likeness (QED) is 0.697. The standard InChI is InChI=1S/C23H27BrN2O5/c1-13-20(23(28)26-7-9-31-10-8-26)21(22-16(25-13)5-4-6-17(22)27)14-11-18(29-2)19(30-3)12-15(14)24/h11-12,21,25H,4-10H2,1-3H3/t21-/m1/s1. The number of dihydropyridines is 1. The second-order valence-electron chi connectivity index (χ2n) is 7.90. The molecule has 1 amide bonds. The number of carbonyl (C=O) groups excluding carboxylic acids is 2. The third-order valence-electron chi connectivity index (χ3n) is 6.12. The monoisotopic (exact) mass is 490 g/mol. The molecule has 0 bridgehead atoms. The molecule has 8 heteroatoms. The molecule has 2 aliphatic heterocycles. The van der Waals surface area contributed by atoms with Crippen molar-refractivity contribution in [1.82, 2.24) is 10.2 Å². The van der Waals surface area contributed by atoms with E-state index in [1.807, 2.05) is 24.0 Å². The lowest BCUT2D eigenvalue weighted by molar-refractivity contribution is -0.131. The van der Waals surface area contributed by atoms with Crippen LogP contribution in [0.4, 0.5) is 0 Å². The molecular formula is C23H27BrN2O5. The molecule has 2 heterocycles. The van der Waals surface area contributed by atoms with Crippen LogP contribution in [0.3, 0.4) is 0 Å². The van der Waals surface area contributed by atoms with Crippen LogP contribution in [0.25, 0.3) is 0 Å². The van der Waals surface area contributed by atoms with Gasteiger partial charge in [0.15, 0.2) is 17.3 Å². The van der Waals surface area contributed by atoms with Crippen LogP contribution in [-0.2, 0) is 14.3 Å². The fraction of sp³-hybridized carbons (Fsp3) is 0.478. The van der Waals surface area contributed by atoms with Crippen molar-refractivity contribution in [2.45, 2.75) is 32.1 Å². The van der Waals surface area contributed by atoms with Gasteiger partial charge in [-0.15, -0.1) is 0 Å². The van der Waals surface area contributed by atoms with E-state index < -0.39 is 5.92 Å². The molecule has 1 atom stereocenters. The molecule has 1 aromatic carbocycles. The molecule has 1 aliphatic carbocycles. The number of nitrogens with one attached hydrogen (secondary N) is 1. The lowest BCUT2D eigenvalue weighted by atomic mass is 9.74. The lowest BCUT2D eigenvalue weighted by Crippen LogP contribution is -2.44. The van der Waals surface area contributed by atoms with Crippen LogP contribution < -0.4 is 14.8 Å². The van der Waals surface area contributed by atoms with Crippen molar-refractivity contribution < 1.29 is 23.8 Å². The maximum atomic E-state index is 13.7. The number of Topliss-reactive ketones (excluding diaryl/α,β-unsaturated/α-hetero) is 1. The highest BCUT2D eigenvalue weighted by Gasteiger charge is 2.41. The fourth-order valence-corrected chi connectivity index (χ4v) is 5.16. The highest BCUT2D eigenvalue weighted by atomic mass is 79.9. The minimum Gasteiger partial charge on any atom is -0.493 e. The van der Waals surface area contributed by atoms with Gasteiger partial charge in [-0.25, -0.2) is 0 Å². The number of hydrogen-bond acceptors (Lipinski definition) is 6. The Kier molecular flexibility index (Phi) is 6.39. The maximum absolute atomic E-state index is 13.7. The van der Waals surface area contributed by atoms with E-state index >= 15 is 0 Å². The van der Waals surface area contributed by atoms with E-state index in [9.17, 15) is 9.59 Å². The first-order chi connectivity index (χ1) is 15.0. The average molecular weight is 491 g/mol. The Morgan fingerprint density at radius 2 is 1.84 bits per heavy atom. The summed E-state index contributed by atoms with van der Waals surface area (Å²) in [5.74, 6) is 0.678. The van der Waals surface area contributed by atoms with E-state index in [1.165, 1.54) is 0 Å². The summed E-state index contributed by atoms with van der Waals surface area (Å²) >= 11 is 3.66. The number of ketones is 1. The predicted molar refractivity (Wildman–Crippen MR) is 119 cm³/mol. The molecule has 166 valence electrons. The van der Waals surface area contributed by atoms with Crippen LogP contribution in [-0.4, -0.2) is 57.1 Å². The first-order valence-electron chi connectivity index (χ1n) is 10.5. The SMILES string of the molecule is COc1cc(Br)c([C@@H]2C(C(=O)N3CCOCC3)=C(C)NC3=C2C(=O)CCC3)cc1OC. The number of rotatable bonds is 4. The van der Waals surface area contributed by atoms with Gasteiger partial charge in [-0.05, 0) is 37.5 Å². The topological polar surface area (TPSA) is 77.1 Å². The number of halogens is 1. The van der Waals surface area contributed by atoms with Gasteiger partial charge in [-0.2, -0.15) is 0 Å². The summed E-state index contributed by atoms with van der Waals surface area (Å²) in [6.45, 7) is 4.02. The number of morpholine rings is 1. The van der Waals surface area contributed by atoms with Crippen molar-refractivity contribution in [2.75, 3.05) is 40.5 Å². The van der Waals surface area contributed by atoms with Crippen LogP contribution in [0.1, 0.15) is 37.7 Å². The molecule has 1 fully saturated rings. The summed E-state index contributed by atoms with van der Waals surface area (Å²) in [6.07, 6.45) is 2.09. The Morgan fingerprint density at radius 3 is 2.52 bits per heavy atom. The molecule has 7 nitrogen and oxygen atoms in total. The van der Waals surface area contributed by atoms with E-state index in [-0.39, 0.29) is 11.7 Å². The molecule has 0 saturated carbocycles. The van der Waals surface area contributed by atoms with Crippen molar-refractivity contribution in [1.29, 1.82) is 0 Å². The van der Waals surface area contributed by atoms with Crippen molar-refractivity contribution in [2.24, 2.45) is 0 Å². The average Bonchev–Trinajstić information content (AvgIpc) is 2.78. The molecule has 0 aromatic heterocycles. The number of benzene rings is 1. The van der Waals surface area contributed by atoms with Crippen molar-refractivity contribution in [3.05, 3.63) is 44.7 Å². The Balaban J connectivity index is 1.88. The largest absolute Gasteiger partial charge is 0.493 e. The molecule has 1 aromatic rings. The van der Waals surface area contributed by atoms with Crippen LogP contribution in [0, 0.1) is 0 Å². The summed E-state index contributed by atoms with van der Waals surface area (Å²) in [5, 5.41) is 3.38. The first-order valence-corrected chi connectivity index (χ1v) is 11.3. The summed E-state index contributed by atoms with van der Waals surface area (Å²) in [5.41, 5.74) is 3.80. The molecule has 3 aliphatic rings. The smallest absolute Gasteiger partial charge is 0.252 e. The first kappa shape index (κ1) is 21.9. The third kappa shape index (κ3) is 3.99. The van der Waals surface area contributed by atoms with Gasteiger partial charge in [0.25, 0.3) is 5.91 Å². The van der Waals surface area contributed by atoms with E-state index in [0.29, 0.717) is 55.4 Å². The van der Waals surface area contributed by atoms with Gasteiger partial charge in [0, 0.05) is 52.4 Å². The highest BCUT2D eigenvalue weighted by molar-refractivity contribution is 9.10. The third-order valence-corrected chi connectivity index (χ3v) is 6.81. The Morgan fingerprint density at radius 1 is 1.16 bits per heavy atom. The van der Waals surface area contributed by atoms with E-state index in [0.717, 1.165) is 34.3 Å². The van der Waals surface area contributed by atoms with Gasteiger partial charge >= 0.3 is 0 Å². The molecule has 0 unspecified atom stereocenters. The van der Waals surface area contributed by atoms with Gasteiger partial charge in [0.2, 0.25) is 0 Å². The normalized spacial score (nSPS) is 21.6. The van der Waals surface area contributed by atoms with E-state index in [2.05, 4.69) is 21.2 Å². The number of nitrogens with zero attached hydrogens (tertiary/aromatic N) is 1. The molecule has 0 spiro atoms. The van der Waals surface area contributed by atoms with Crippen molar-refractivity contribution in [3.63, 3.8) is 0 Å². The highest BCUT2D eigenvalue weighted by Crippen LogP contribution is 2.47. The fourth-order valence-electron chi connectivity index (χ4n) is 4.61. The number of ether oxygens (including phenoxy) is 3. The minimum atomic E-state index is -0.478. The molecule has 4 rings (SSSR count). The van der Waals surface area contributed by atoms with Crippen LogP contribution >= 0.6 is 15.9 Å². The molecule has 1 N–H and O–H groups in total. The van der Waals surface area contributed by atoms with Crippen LogP contribution in [0.2, 0.25) is 0 Å². The summed E-state index contributed by atoms with van der Waals surface area (Å²) in [6, 6.07) is 3.70. The van der Waals surface area contributed by atoms with Gasteiger partial charge in [-0.3, -0.25) is 9.59 Å². The Labute approximate surface area is 190 Å². The van der Waals surface area contributed by atoms with E-state index in [4.69, 9.17) is 14.2 Å². The van der Waals surface area contributed by atoms with Crippen molar-refractivity contribution in [3.8, 4) is 11.5 Å². The lowest BCUT2D eigenvalue weighted by Gasteiger charge is -2.37. The zero-order valence-corrected chi connectivity index (χ0v) is 19.6. The minimum absolute atomic E-state index is 0.0649. The molecule has 31 heavy (non-hydrogen) atoms. The molecular weight excluding hydrogens is 464 g/mol. The van der Waals surface area contributed by atoms with Gasteiger partial charge in [0.1, 0.15) is 0 Å².